The van der Waals surface area contributed by atoms with Crippen LogP contribution in [0.4, 0.5) is 0 Å². The molecule has 4 heteroatoms. The summed E-state index contributed by atoms with van der Waals surface area (Å²) in [4.78, 5) is 8.81. The van der Waals surface area contributed by atoms with E-state index in [1.807, 2.05) is 0 Å². The van der Waals surface area contributed by atoms with Crippen LogP contribution in [-0.2, 0) is 4.79 Å². The average molecular weight is 108 g/mol. The van der Waals surface area contributed by atoms with Gasteiger partial charge in [0.25, 0.3) is 0 Å². The van der Waals surface area contributed by atoms with Crippen LogP contribution in [0.1, 0.15) is 6.92 Å². The molecule has 0 fully saturated rings. The Morgan fingerprint density at radius 3 is 1.50 bits per heavy atom. The van der Waals surface area contributed by atoms with E-state index in [1.54, 1.807) is 0 Å². The van der Waals surface area contributed by atoms with Gasteiger partial charge in [0.05, 0.1) is 0 Å². The third-order valence-corrected chi connectivity index (χ3v) is 0. The quantitative estimate of drug-likeness (QED) is 0.247. The SMILES string of the molecule is CC=O.[AlH3].[LiH].[MgH2]. The predicted octanol–water partition coefficient (Wildman–Crippen LogP) is -2.54. The summed E-state index contributed by atoms with van der Waals surface area (Å²) in [5.74, 6) is 0. The van der Waals surface area contributed by atoms with Crippen LogP contribution in [0.3, 0.4) is 0 Å². The van der Waals surface area contributed by atoms with E-state index in [0.29, 0.717) is 0 Å². The average Bonchev–Trinajstić information content (AvgIpc) is 0.918. The summed E-state index contributed by atoms with van der Waals surface area (Å²) in [6, 6.07) is 0. The molecule has 0 unspecified atom stereocenters. The first-order valence-corrected chi connectivity index (χ1v) is 0.813. The molecule has 0 aliphatic heterocycles. The van der Waals surface area contributed by atoms with Crippen LogP contribution < -0.4 is 0 Å². The molecule has 30 valence electrons. The van der Waals surface area contributed by atoms with Crippen molar-refractivity contribution in [3.8, 4) is 0 Å². The van der Waals surface area contributed by atoms with Crippen molar-refractivity contribution in [2.75, 3.05) is 0 Å². The van der Waals surface area contributed by atoms with E-state index in [0.717, 1.165) is 6.29 Å². The summed E-state index contributed by atoms with van der Waals surface area (Å²) in [5, 5.41) is 0. The molecule has 0 atom stereocenters. The molecule has 0 aliphatic rings. The number of aldehydes is 1. The summed E-state index contributed by atoms with van der Waals surface area (Å²) in [7, 11) is 0. The van der Waals surface area contributed by atoms with E-state index in [4.69, 9.17) is 4.79 Å². The van der Waals surface area contributed by atoms with Crippen LogP contribution in [0.2, 0.25) is 0 Å². The number of hydrogen-bond donors (Lipinski definition) is 0. The fourth-order valence-electron chi connectivity index (χ4n) is 0. The molecule has 0 rings (SSSR count). The summed E-state index contributed by atoms with van der Waals surface area (Å²) < 4.78 is 0. The van der Waals surface area contributed by atoms with Crippen molar-refractivity contribution in [2.24, 2.45) is 0 Å². The van der Waals surface area contributed by atoms with E-state index < -0.39 is 0 Å². The van der Waals surface area contributed by atoms with Gasteiger partial charge in [-0.2, -0.15) is 0 Å². The topological polar surface area (TPSA) is 17.1 Å². The number of rotatable bonds is 0. The monoisotopic (exact) mass is 108 g/mol. The largest absolute Gasteiger partial charge is 0.316 e. The van der Waals surface area contributed by atoms with Crippen LogP contribution in [0.5, 0.6) is 0 Å². The maximum Gasteiger partial charge on any atom is 0.316 e. The van der Waals surface area contributed by atoms with E-state index in [9.17, 15) is 0 Å². The second kappa shape index (κ2) is 30.9. The smallest absolute Gasteiger partial charge is 0.316 e. The Bertz CT molecular complexity index is 21.0. The van der Waals surface area contributed by atoms with E-state index in [2.05, 4.69) is 0 Å². The van der Waals surface area contributed by atoms with Crippen molar-refractivity contribution < 1.29 is 4.79 Å². The molecule has 0 spiro atoms. The third-order valence-electron chi connectivity index (χ3n) is 0. The van der Waals surface area contributed by atoms with Crippen LogP contribution in [0.25, 0.3) is 0 Å². The van der Waals surface area contributed by atoms with Gasteiger partial charge in [0.2, 0.25) is 0 Å². The second-order valence-corrected chi connectivity index (χ2v) is 0.236. The predicted molar refractivity (Wildman–Crippen MR) is 37.4 cm³/mol. The minimum absolute atomic E-state index is 0. The maximum atomic E-state index is 8.81. The Morgan fingerprint density at radius 2 is 1.50 bits per heavy atom. The normalized spacial score (nSPS) is 2.17. The Hall–Kier alpha value is 1.57. The van der Waals surface area contributed by atoms with Gasteiger partial charge in [-0.3, -0.25) is 0 Å². The number of hydrogen-bond acceptors (Lipinski definition) is 1. The molecular formula is C2H10AlLiMgO. The van der Waals surface area contributed by atoms with Gasteiger partial charge in [-0.05, 0) is 6.92 Å². The molecule has 6 heavy (non-hydrogen) atoms. The maximum absolute atomic E-state index is 8.81. The number of carbonyl (C=O) groups excluding carboxylic acids is 1. The first kappa shape index (κ1) is 25.7. The molecule has 0 aromatic carbocycles. The van der Waals surface area contributed by atoms with Crippen molar-refractivity contribution >= 4 is 65.6 Å². The molecule has 0 bridgehead atoms. The second-order valence-electron chi connectivity index (χ2n) is 0.236. The van der Waals surface area contributed by atoms with Gasteiger partial charge in [-0.15, -0.1) is 0 Å². The fraction of sp³-hybridized carbons (Fsp3) is 0.500. The van der Waals surface area contributed by atoms with Crippen molar-refractivity contribution in [1.29, 1.82) is 0 Å². The van der Waals surface area contributed by atoms with Crippen LogP contribution in [0, 0.1) is 0 Å². The van der Waals surface area contributed by atoms with Gasteiger partial charge in [0, 0.05) is 0 Å². The standard InChI is InChI=1S/C2H4O.Al.Li.Mg.6H/c1-2-3;;;;;;;;;/h2H,1H3;;;;;;;;;. The van der Waals surface area contributed by atoms with E-state index >= 15 is 0 Å². The minimum Gasteiger partial charge on any atom is 0.316 e. The van der Waals surface area contributed by atoms with Crippen molar-refractivity contribution in [3.05, 3.63) is 0 Å². The summed E-state index contributed by atoms with van der Waals surface area (Å²) in [5.41, 5.74) is 0. The van der Waals surface area contributed by atoms with E-state index in [1.165, 1.54) is 6.92 Å². The zero-order valence-electron chi connectivity index (χ0n) is 1.99. The Labute approximate surface area is 76.7 Å². The van der Waals surface area contributed by atoms with Gasteiger partial charge >= 0.3 is 41.9 Å². The van der Waals surface area contributed by atoms with Gasteiger partial charge < -0.3 is 4.79 Å². The summed E-state index contributed by atoms with van der Waals surface area (Å²) in [6.45, 7) is 1.44. The molecule has 0 amide bonds. The molecular weight excluding hydrogens is 98.2 g/mol. The van der Waals surface area contributed by atoms with Crippen LogP contribution in [0.15, 0.2) is 0 Å². The van der Waals surface area contributed by atoms with Gasteiger partial charge in [0.15, 0.2) is 17.4 Å². The van der Waals surface area contributed by atoms with Gasteiger partial charge in [-0.25, -0.2) is 0 Å². The van der Waals surface area contributed by atoms with Crippen molar-refractivity contribution in [3.63, 3.8) is 0 Å². The third kappa shape index (κ3) is 47.3. The molecule has 0 radical (unpaired) electrons. The summed E-state index contributed by atoms with van der Waals surface area (Å²) in [6.07, 6.45) is 0.750. The molecule has 1 nitrogen and oxygen atoms in total. The van der Waals surface area contributed by atoms with E-state index in [-0.39, 0.29) is 59.3 Å². The van der Waals surface area contributed by atoms with Gasteiger partial charge in [-0.1, -0.05) is 0 Å². The van der Waals surface area contributed by atoms with Crippen LogP contribution in [-0.4, -0.2) is 65.6 Å². The molecule has 0 heterocycles. The molecule has 0 N–H and O–H groups in total. The summed E-state index contributed by atoms with van der Waals surface area (Å²) >= 11 is 0. The Balaban J connectivity index is -0.00000000667. The molecule has 0 aliphatic carbocycles. The van der Waals surface area contributed by atoms with Gasteiger partial charge in [0.1, 0.15) is 6.29 Å². The van der Waals surface area contributed by atoms with Crippen LogP contribution >= 0.6 is 0 Å². The number of carbonyl (C=O) groups is 1. The first-order valence-electron chi connectivity index (χ1n) is 0.813. The zero-order valence-corrected chi connectivity index (χ0v) is 1.99. The molecule has 0 saturated heterocycles. The van der Waals surface area contributed by atoms with Crippen molar-refractivity contribution in [2.45, 2.75) is 6.92 Å². The Kier molecular flexibility index (Phi) is 132. The molecule has 0 saturated carbocycles. The zero-order chi connectivity index (χ0) is 2.71. The van der Waals surface area contributed by atoms with Crippen molar-refractivity contribution in [1.82, 2.24) is 0 Å². The first-order chi connectivity index (χ1) is 1.41. The minimum atomic E-state index is 0. The molecule has 0 aromatic heterocycles. The molecule has 0 aromatic rings. The Morgan fingerprint density at radius 1 is 1.50 bits per heavy atom. The fourth-order valence-corrected chi connectivity index (χ4v) is 0.